The summed E-state index contributed by atoms with van der Waals surface area (Å²) in [7, 11) is 0. The van der Waals surface area contributed by atoms with E-state index in [1.165, 1.54) is 0 Å². The highest BCUT2D eigenvalue weighted by atomic mass is 16.1. The highest BCUT2D eigenvalue weighted by Gasteiger charge is 2.13. The van der Waals surface area contributed by atoms with E-state index < -0.39 is 0 Å². The summed E-state index contributed by atoms with van der Waals surface area (Å²) in [6.07, 6.45) is 1.70. The Hall–Kier alpha value is -2.63. The van der Waals surface area contributed by atoms with Crippen molar-refractivity contribution in [3.8, 4) is 0 Å². The molecule has 6 heteroatoms. The van der Waals surface area contributed by atoms with Gasteiger partial charge in [-0.15, -0.1) is 0 Å². The van der Waals surface area contributed by atoms with Gasteiger partial charge in [0.25, 0.3) is 0 Å². The van der Waals surface area contributed by atoms with Crippen LogP contribution >= 0.6 is 0 Å². The Morgan fingerprint density at radius 1 is 1.04 bits per heavy atom. The van der Waals surface area contributed by atoms with Crippen LogP contribution < -0.4 is 16.0 Å². The van der Waals surface area contributed by atoms with Crippen molar-refractivity contribution in [3.63, 3.8) is 0 Å². The zero-order chi connectivity index (χ0) is 18.2. The van der Waals surface area contributed by atoms with E-state index in [9.17, 15) is 4.79 Å². The smallest absolute Gasteiger partial charge is 0.227 e. The van der Waals surface area contributed by atoms with Crippen LogP contribution in [0.25, 0.3) is 0 Å². The molecule has 0 spiro atoms. The molecule has 1 heterocycles. The lowest BCUT2D eigenvalue weighted by Gasteiger charge is -2.13. The monoisotopic (exact) mass is 341 g/mol. The first-order chi connectivity index (χ1) is 12.0. The number of hydrogen-bond donors (Lipinski definition) is 3. The summed E-state index contributed by atoms with van der Waals surface area (Å²) < 4.78 is 0. The van der Waals surface area contributed by atoms with Gasteiger partial charge < -0.3 is 16.0 Å². The summed E-state index contributed by atoms with van der Waals surface area (Å²) in [4.78, 5) is 20.9. The highest BCUT2D eigenvalue weighted by Crippen LogP contribution is 2.20. The van der Waals surface area contributed by atoms with E-state index in [1.54, 1.807) is 0 Å². The molecular formula is C19H27N5O. The van der Waals surface area contributed by atoms with E-state index in [1.807, 2.05) is 58.0 Å². The Bertz CT molecular complexity index is 695. The van der Waals surface area contributed by atoms with Crippen molar-refractivity contribution in [1.82, 2.24) is 9.97 Å². The van der Waals surface area contributed by atoms with Gasteiger partial charge in [-0.2, -0.15) is 4.98 Å². The molecule has 0 saturated carbocycles. The van der Waals surface area contributed by atoms with Gasteiger partial charge >= 0.3 is 0 Å². The number of nitrogens with zero attached hydrogens (tertiary/aromatic N) is 2. The SMILES string of the molecule is CCNc1nc(C)cc(Nc2ccc(NC(=O)C(CC)CC)cc2)n1. The average molecular weight is 341 g/mol. The van der Waals surface area contributed by atoms with Crippen LogP contribution in [0.5, 0.6) is 0 Å². The Morgan fingerprint density at radius 2 is 1.68 bits per heavy atom. The molecule has 0 aliphatic heterocycles. The minimum atomic E-state index is 0.0614. The van der Waals surface area contributed by atoms with E-state index in [2.05, 4.69) is 25.9 Å². The third kappa shape index (κ3) is 5.45. The largest absolute Gasteiger partial charge is 0.354 e. The summed E-state index contributed by atoms with van der Waals surface area (Å²) in [5.41, 5.74) is 2.60. The fourth-order valence-electron chi connectivity index (χ4n) is 2.56. The molecule has 0 fully saturated rings. The predicted octanol–water partition coefficient (Wildman–Crippen LogP) is 4.34. The number of anilines is 4. The molecular weight excluding hydrogens is 314 g/mol. The second-order valence-electron chi connectivity index (χ2n) is 5.95. The molecule has 0 aliphatic carbocycles. The van der Waals surface area contributed by atoms with Crippen molar-refractivity contribution in [2.24, 2.45) is 5.92 Å². The van der Waals surface area contributed by atoms with E-state index in [0.717, 1.165) is 42.3 Å². The lowest BCUT2D eigenvalue weighted by atomic mass is 10.0. The molecule has 1 aromatic heterocycles. The van der Waals surface area contributed by atoms with E-state index >= 15 is 0 Å². The average Bonchev–Trinajstić information content (AvgIpc) is 2.57. The van der Waals surface area contributed by atoms with Crippen molar-refractivity contribution in [2.45, 2.75) is 40.5 Å². The van der Waals surface area contributed by atoms with E-state index in [4.69, 9.17) is 0 Å². The van der Waals surface area contributed by atoms with Crippen LogP contribution in [0.4, 0.5) is 23.1 Å². The molecule has 2 aromatic rings. The molecule has 25 heavy (non-hydrogen) atoms. The first kappa shape index (κ1) is 18.7. The van der Waals surface area contributed by atoms with Crippen molar-refractivity contribution < 1.29 is 4.79 Å². The molecule has 1 amide bonds. The van der Waals surface area contributed by atoms with Crippen molar-refractivity contribution in [3.05, 3.63) is 36.0 Å². The Labute approximate surface area is 149 Å². The van der Waals surface area contributed by atoms with Gasteiger partial charge in [0.2, 0.25) is 11.9 Å². The molecule has 0 bridgehead atoms. The van der Waals surface area contributed by atoms with Gasteiger partial charge in [0, 0.05) is 35.6 Å². The first-order valence-electron chi connectivity index (χ1n) is 8.83. The molecule has 134 valence electrons. The minimum Gasteiger partial charge on any atom is -0.354 e. The standard InChI is InChI=1S/C19H27N5O/c1-5-14(6-2)18(25)23-16-10-8-15(9-11-16)22-17-12-13(4)21-19(24-17)20-7-3/h8-12,14H,5-7H2,1-4H3,(H,23,25)(H2,20,21,22,24). The number of carbonyl (C=O) groups is 1. The van der Waals surface area contributed by atoms with Crippen molar-refractivity contribution in [1.29, 1.82) is 0 Å². The fraction of sp³-hybridized carbons (Fsp3) is 0.421. The third-order valence-electron chi connectivity index (χ3n) is 3.97. The number of amides is 1. The second kappa shape index (κ2) is 9.01. The fourth-order valence-corrected chi connectivity index (χ4v) is 2.56. The lowest BCUT2D eigenvalue weighted by Crippen LogP contribution is -2.21. The maximum Gasteiger partial charge on any atom is 0.227 e. The molecule has 0 aliphatic rings. The number of benzene rings is 1. The summed E-state index contributed by atoms with van der Waals surface area (Å²) in [6.45, 7) is 8.78. The van der Waals surface area contributed by atoms with Gasteiger partial charge in [0.1, 0.15) is 5.82 Å². The Morgan fingerprint density at radius 3 is 2.28 bits per heavy atom. The Kier molecular flexibility index (Phi) is 6.74. The molecule has 6 nitrogen and oxygen atoms in total. The third-order valence-corrected chi connectivity index (χ3v) is 3.97. The normalized spacial score (nSPS) is 10.6. The number of carbonyl (C=O) groups excluding carboxylic acids is 1. The maximum atomic E-state index is 12.1. The highest BCUT2D eigenvalue weighted by molar-refractivity contribution is 5.92. The van der Waals surface area contributed by atoms with Crippen molar-refractivity contribution in [2.75, 3.05) is 22.5 Å². The number of aryl methyl sites for hydroxylation is 1. The van der Waals surface area contributed by atoms with E-state index in [0.29, 0.717) is 5.95 Å². The number of hydrogen-bond acceptors (Lipinski definition) is 5. The van der Waals surface area contributed by atoms with Gasteiger partial charge in [-0.25, -0.2) is 4.98 Å². The molecule has 1 aromatic carbocycles. The van der Waals surface area contributed by atoms with Gasteiger partial charge in [0.15, 0.2) is 0 Å². The number of aromatic nitrogens is 2. The van der Waals surface area contributed by atoms with Gasteiger partial charge in [-0.1, -0.05) is 13.8 Å². The molecule has 0 atom stereocenters. The molecule has 0 radical (unpaired) electrons. The van der Waals surface area contributed by atoms with E-state index in [-0.39, 0.29) is 11.8 Å². The molecule has 2 rings (SSSR count). The zero-order valence-electron chi connectivity index (χ0n) is 15.4. The Balaban J connectivity index is 2.04. The summed E-state index contributed by atoms with van der Waals surface area (Å²) in [5, 5.41) is 9.35. The summed E-state index contributed by atoms with van der Waals surface area (Å²) >= 11 is 0. The number of nitrogens with one attached hydrogen (secondary N) is 3. The van der Waals surface area contributed by atoms with Crippen LogP contribution in [0, 0.1) is 12.8 Å². The predicted molar refractivity (Wildman–Crippen MR) is 103 cm³/mol. The summed E-state index contributed by atoms with van der Waals surface area (Å²) in [6, 6.07) is 9.52. The molecule has 0 unspecified atom stereocenters. The first-order valence-corrected chi connectivity index (χ1v) is 8.83. The van der Waals surface area contributed by atoms with Gasteiger partial charge in [-0.3, -0.25) is 4.79 Å². The quantitative estimate of drug-likeness (QED) is 0.666. The molecule has 0 saturated heterocycles. The van der Waals surface area contributed by atoms with Gasteiger partial charge in [0.05, 0.1) is 0 Å². The number of rotatable bonds is 8. The van der Waals surface area contributed by atoms with Crippen LogP contribution in [0.2, 0.25) is 0 Å². The van der Waals surface area contributed by atoms with Gasteiger partial charge in [-0.05, 0) is 51.0 Å². The maximum absolute atomic E-state index is 12.1. The van der Waals surface area contributed by atoms with Crippen molar-refractivity contribution >= 4 is 29.0 Å². The molecule has 3 N–H and O–H groups in total. The van der Waals surface area contributed by atoms with Crippen LogP contribution in [0.3, 0.4) is 0 Å². The lowest BCUT2D eigenvalue weighted by molar-refractivity contribution is -0.120. The summed E-state index contributed by atoms with van der Waals surface area (Å²) in [5.74, 6) is 1.48. The second-order valence-corrected chi connectivity index (χ2v) is 5.95. The van der Waals surface area contributed by atoms with Crippen LogP contribution in [0.15, 0.2) is 30.3 Å². The minimum absolute atomic E-state index is 0.0614. The van der Waals surface area contributed by atoms with Crippen LogP contribution in [-0.2, 0) is 4.79 Å². The zero-order valence-corrected chi connectivity index (χ0v) is 15.4. The topological polar surface area (TPSA) is 78.9 Å². The van der Waals surface area contributed by atoms with Crippen LogP contribution in [-0.4, -0.2) is 22.4 Å². The van der Waals surface area contributed by atoms with Crippen LogP contribution in [0.1, 0.15) is 39.3 Å².